The molecule has 2 amide bonds. The number of para-hydroxylation sites is 1. The lowest BCUT2D eigenvalue weighted by Gasteiger charge is -2.04. The molecule has 29 heavy (non-hydrogen) atoms. The molecule has 0 fully saturated rings. The molecule has 144 valence electrons. The van der Waals surface area contributed by atoms with E-state index in [9.17, 15) is 14.0 Å². The molecule has 0 aliphatic heterocycles. The molecule has 0 aliphatic carbocycles. The van der Waals surface area contributed by atoms with Gasteiger partial charge in [0.2, 0.25) is 0 Å². The number of carbonyl (C=O) groups is 2. The lowest BCUT2D eigenvalue weighted by molar-refractivity contribution is 0.0846. The van der Waals surface area contributed by atoms with Crippen LogP contribution in [0.2, 0.25) is 0 Å². The molecule has 7 nitrogen and oxygen atoms in total. The van der Waals surface area contributed by atoms with Gasteiger partial charge >= 0.3 is 0 Å². The molecule has 0 radical (unpaired) electrons. The van der Waals surface area contributed by atoms with Gasteiger partial charge in [0.1, 0.15) is 5.82 Å². The van der Waals surface area contributed by atoms with E-state index in [0.29, 0.717) is 10.6 Å². The van der Waals surface area contributed by atoms with Crippen LogP contribution in [0.1, 0.15) is 20.2 Å². The van der Waals surface area contributed by atoms with Crippen LogP contribution in [0.15, 0.2) is 72.9 Å². The zero-order chi connectivity index (χ0) is 20.2. The first kappa shape index (κ1) is 18.5. The monoisotopic (exact) mass is 407 g/mol. The van der Waals surface area contributed by atoms with Gasteiger partial charge in [-0.2, -0.15) is 9.90 Å². The van der Waals surface area contributed by atoms with Gasteiger partial charge < -0.3 is 0 Å². The number of nitrogens with one attached hydrogen (secondary N) is 2. The topological polar surface area (TPSA) is 88.9 Å². The van der Waals surface area contributed by atoms with Crippen molar-refractivity contribution in [2.45, 2.75) is 0 Å². The van der Waals surface area contributed by atoms with Gasteiger partial charge in [0.25, 0.3) is 11.8 Å². The largest absolute Gasteiger partial charge is 0.291 e. The molecule has 0 saturated carbocycles. The predicted molar refractivity (Wildman–Crippen MR) is 106 cm³/mol. The van der Waals surface area contributed by atoms with E-state index in [1.165, 1.54) is 34.5 Å². The fraction of sp³-hybridized carbons (Fsp3) is 0. The van der Waals surface area contributed by atoms with Crippen molar-refractivity contribution in [2.75, 3.05) is 0 Å². The van der Waals surface area contributed by atoms with E-state index in [2.05, 4.69) is 21.0 Å². The fourth-order valence-electron chi connectivity index (χ4n) is 2.52. The van der Waals surface area contributed by atoms with Crippen molar-refractivity contribution in [1.82, 2.24) is 25.8 Å². The van der Waals surface area contributed by atoms with E-state index in [1.807, 2.05) is 18.2 Å². The number of halogens is 1. The van der Waals surface area contributed by atoms with Gasteiger partial charge in [-0.05, 0) is 42.0 Å². The summed E-state index contributed by atoms with van der Waals surface area (Å²) in [5.41, 5.74) is 6.25. The maximum atomic E-state index is 13.0. The van der Waals surface area contributed by atoms with Gasteiger partial charge in [0, 0.05) is 4.88 Å². The average Bonchev–Trinajstić information content (AvgIpc) is 3.43. The zero-order valence-corrected chi connectivity index (χ0v) is 15.7. The highest BCUT2D eigenvalue weighted by atomic mass is 32.1. The molecule has 0 atom stereocenters. The summed E-state index contributed by atoms with van der Waals surface area (Å²) in [5, 5.41) is 8.14. The smallest absolute Gasteiger partial charge is 0.266 e. The van der Waals surface area contributed by atoms with E-state index in [0.717, 1.165) is 10.4 Å². The van der Waals surface area contributed by atoms with Gasteiger partial charge in [-0.15, -0.1) is 16.4 Å². The summed E-state index contributed by atoms with van der Waals surface area (Å²) in [4.78, 5) is 27.0. The summed E-state index contributed by atoms with van der Waals surface area (Å²) in [7, 11) is 0. The van der Waals surface area contributed by atoms with Crippen LogP contribution in [0.25, 0.3) is 16.1 Å². The van der Waals surface area contributed by atoms with E-state index in [1.54, 1.807) is 36.4 Å². The maximum absolute atomic E-state index is 13.0. The number of amides is 2. The number of hydrogen-bond donors (Lipinski definition) is 2. The molecule has 9 heteroatoms. The number of thiophene rings is 1. The van der Waals surface area contributed by atoms with Crippen LogP contribution in [-0.2, 0) is 0 Å². The summed E-state index contributed by atoms with van der Waals surface area (Å²) in [6.07, 6.45) is 1.31. The molecule has 0 aliphatic rings. The van der Waals surface area contributed by atoms with Crippen molar-refractivity contribution < 1.29 is 14.0 Å². The Hall–Kier alpha value is -3.85. The van der Waals surface area contributed by atoms with Gasteiger partial charge in [-0.25, -0.2) is 4.39 Å². The second kappa shape index (κ2) is 8.03. The fourth-order valence-corrected chi connectivity index (χ4v) is 3.43. The Morgan fingerprint density at radius 3 is 2.38 bits per heavy atom. The Labute approximate surface area is 168 Å². The van der Waals surface area contributed by atoms with Crippen LogP contribution in [0.3, 0.4) is 0 Å². The quantitative estimate of drug-likeness (QED) is 0.509. The van der Waals surface area contributed by atoms with Crippen molar-refractivity contribution in [3.8, 4) is 16.1 Å². The number of carbonyl (C=O) groups excluding carboxylic acids is 2. The third-order valence-electron chi connectivity index (χ3n) is 3.96. The van der Waals surface area contributed by atoms with Crippen LogP contribution >= 0.6 is 11.3 Å². The van der Waals surface area contributed by atoms with E-state index < -0.39 is 11.8 Å². The molecule has 2 aromatic carbocycles. The Balaban J connectivity index is 1.38. The minimum atomic E-state index is -0.587. The third-order valence-corrected chi connectivity index (χ3v) is 5.09. The van der Waals surface area contributed by atoms with Crippen LogP contribution in [-0.4, -0.2) is 26.8 Å². The number of aromatic nitrogens is 3. The molecular weight excluding hydrogens is 393 g/mol. The average molecular weight is 407 g/mol. The van der Waals surface area contributed by atoms with Crippen LogP contribution in [0, 0.1) is 5.82 Å². The van der Waals surface area contributed by atoms with Crippen molar-refractivity contribution in [3.63, 3.8) is 0 Å². The Bertz CT molecular complexity index is 1160. The third kappa shape index (κ3) is 4.19. The van der Waals surface area contributed by atoms with Crippen molar-refractivity contribution in [3.05, 3.63) is 89.3 Å². The summed E-state index contributed by atoms with van der Waals surface area (Å²) in [6.45, 7) is 0. The molecule has 0 bridgehead atoms. The van der Waals surface area contributed by atoms with E-state index >= 15 is 0 Å². The Kier molecular flexibility index (Phi) is 5.12. The van der Waals surface area contributed by atoms with Crippen molar-refractivity contribution in [2.24, 2.45) is 0 Å². The standard InChI is InChI=1S/C20H14FN5O2S/c21-14-8-6-13(7-9-14)17-10-11-18(29-17)20(28)24-23-19(27)16-12-22-26(25-16)15-4-2-1-3-5-15/h1-12H,(H,23,27)(H,24,28). The van der Waals surface area contributed by atoms with Gasteiger partial charge in [0.05, 0.1) is 16.8 Å². The molecule has 0 saturated heterocycles. The normalized spacial score (nSPS) is 10.5. The first-order valence-corrected chi connectivity index (χ1v) is 9.36. The number of rotatable bonds is 4. The lowest BCUT2D eigenvalue weighted by atomic mass is 10.2. The molecule has 0 spiro atoms. The Morgan fingerprint density at radius 2 is 1.62 bits per heavy atom. The van der Waals surface area contributed by atoms with Gasteiger partial charge in [0.15, 0.2) is 5.69 Å². The second-order valence-corrected chi connectivity index (χ2v) is 7.02. The van der Waals surface area contributed by atoms with Crippen molar-refractivity contribution >= 4 is 23.2 Å². The SMILES string of the molecule is O=C(NNC(=O)c1ccc(-c2ccc(F)cc2)s1)c1cnn(-c2ccccc2)n1. The number of benzene rings is 2. The zero-order valence-electron chi connectivity index (χ0n) is 14.9. The van der Waals surface area contributed by atoms with E-state index in [-0.39, 0.29) is 11.5 Å². The molecule has 0 unspecified atom stereocenters. The van der Waals surface area contributed by atoms with Crippen molar-refractivity contribution in [1.29, 1.82) is 0 Å². The second-order valence-electron chi connectivity index (χ2n) is 5.93. The molecule has 4 aromatic rings. The minimum absolute atomic E-state index is 0.0623. The summed E-state index contributed by atoms with van der Waals surface area (Å²) >= 11 is 1.23. The summed E-state index contributed by atoms with van der Waals surface area (Å²) in [6, 6.07) is 18.5. The summed E-state index contributed by atoms with van der Waals surface area (Å²) in [5.74, 6) is -1.38. The predicted octanol–water partition coefficient (Wildman–Crippen LogP) is 3.21. The Morgan fingerprint density at radius 1 is 0.897 bits per heavy atom. The molecule has 2 N–H and O–H groups in total. The molecule has 4 rings (SSSR count). The van der Waals surface area contributed by atoms with Gasteiger partial charge in [-0.3, -0.25) is 20.4 Å². The van der Waals surface area contributed by atoms with Crippen LogP contribution < -0.4 is 10.9 Å². The van der Waals surface area contributed by atoms with Gasteiger partial charge in [-0.1, -0.05) is 30.3 Å². The highest BCUT2D eigenvalue weighted by molar-refractivity contribution is 7.17. The first-order chi connectivity index (χ1) is 14.1. The number of hydrogen-bond acceptors (Lipinski definition) is 5. The van der Waals surface area contributed by atoms with E-state index in [4.69, 9.17) is 0 Å². The molecule has 2 heterocycles. The van der Waals surface area contributed by atoms with Crippen LogP contribution in [0.5, 0.6) is 0 Å². The minimum Gasteiger partial charge on any atom is -0.266 e. The lowest BCUT2D eigenvalue weighted by Crippen LogP contribution is -2.41. The first-order valence-electron chi connectivity index (χ1n) is 8.54. The highest BCUT2D eigenvalue weighted by Crippen LogP contribution is 2.28. The summed E-state index contributed by atoms with van der Waals surface area (Å²) < 4.78 is 13.0. The number of hydrazine groups is 1. The van der Waals surface area contributed by atoms with Crippen LogP contribution in [0.4, 0.5) is 4.39 Å². The highest BCUT2D eigenvalue weighted by Gasteiger charge is 2.15. The number of nitrogens with zero attached hydrogens (tertiary/aromatic N) is 3. The maximum Gasteiger partial charge on any atom is 0.291 e. The molecular formula is C20H14FN5O2S. The molecule has 2 aromatic heterocycles.